The van der Waals surface area contributed by atoms with E-state index in [0.717, 1.165) is 12.1 Å². The Morgan fingerprint density at radius 3 is 2.94 bits per heavy atom. The van der Waals surface area contributed by atoms with E-state index in [4.69, 9.17) is 0 Å². The van der Waals surface area contributed by atoms with Gasteiger partial charge in [0.15, 0.2) is 5.82 Å². The number of H-pyrrole nitrogens is 1. The minimum atomic E-state index is -0.263. The Balaban J connectivity index is 2.24. The van der Waals surface area contributed by atoms with Crippen LogP contribution >= 0.6 is 0 Å². The van der Waals surface area contributed by atoms with Crippen molar-refractivity contribution in [1.29, 1.82) is 0 Å². The number of nitrogens with one attached hydrogen (secondary N) is 2. The van der Waals surface area contributed by atoms with Crippen molar-refractivity contribution >= 4 is 11.7 Å². The van der Waals surface area contributed by atoms with Crippen molar-refractivity contribution in [1.82, 2.24) is 25.6 Å². The fourth-order valence-corrected chi connectivity index (χ4v) is 1.34. The molecule has 7 heteroatoms. The van der Waals surface area contributed by atoms with Crippen LogP contribution in [0, 0.1) is 6.92 Å². The molecule has 0 unspecified atom stereocenters. The molecule has 2 aromatic rings. The van der Waals surface area contributed by atoms with Crippen molar-refractivity contribution in [3.05, 3.63) is 29.2 Å². The third-order valence-electron chi connectivity index (χ3n) is 2.29. The Bertz CT molecular complexity index is 522. The smallest absolute Gasteiger partial charge is 0.258 e. The van der Waals surface area contributed by atoms with Gasteiger partial charge in [0.1, 0.15) is 0 Å². The second-order valence-corrected chi connectivity index (χ2v) is 3.50. The van der Waals surface area contributed by atoms with Gasteiger partial charge in [-0.15, -0.1) is 5.10 Å². The number of rotatable bonds is 3. The second kappa shape index (κ2) is 4.69. The van der Waals surface area contributed by atoms with E-state index in [1.165, 1.54) is 6.20 Å². The molecule has 0 aliphatic heterocycles. The summed E-state index contributed by atoms with van der Waals surface area (Å²) in [6.45, 7) is 3.70. The van der Waals surface area contributed by atoms with Crippen LogP contribution in [0.5, 0.6) is 0 Å². The maximum Gasteiger partial charge on any atom is 0.258 e. The number of aromatic amines is 1. The number of amides is 1. The van der Waals surface area contributed by atoms with Gasteiger partial charge in [-0.2, -0.15) is 20.5 Å². The average molecular weight is 232 g/mol. The zero-order chi connectivity index (χ0) is 12.3. The van der Waals surface area contributed by atoms with Gasteiger partial charge in [0.2, 0.25) is 0 Å². The van der Waals surface area contributed by atoms with Crippen LogP contribution in [-0.4, -0.2) is 31.5 Å². The molecule has 0 radical (unpaired) electrons. The molecular weight excluding hydrogens is 220 g/mol. The molecule has 2 heterocycles. The van der Waals surface area contributed by atoms with Gasteiger partial charge in [0, 0.05) is 0 Å². The molecule has 2 rings (SSSR count). The van der Waals surface area contributed by atoms with Gasteiger partial charge in [-0.05, 0) is 19.4 Å². The molecule has 0 fully saturated rings. The van der Waals surface area contributed by atoms with Gasteiger partial charge in [-0.25, -0.2) is 0 Å². The molecule has 88 valence electrons. The largest absolute Gasteiger partial charge is 0.304 e. The average Bonchev–Trinajstić information content (AvgIpc) is 2.82. The lowest BCUT2D eigenvalue weighted by molar-refractivity contribution is 0.102. The molecule has 0 spiro atoms. The first-order valence-corrected chi connectivity index (χ1v) is 5.21. The summed E-state index contributed by atoms with van der Waals surface area (Å²) in [5.74, 6) is 0.116. The van der Waals surface area contributed by atoms with Crippen molar-refractivity contribution in [2.75, 3.05) is 5.32 Å². The Kier molecular flexibility index (Phi) is 3.08. The van der Waals surface area contributed by atoms with Crippen LogP contribution in [0.3, 0.4) is 0 Å². The van der Waals surface area contributed by atoms with Crippen molar-refractivity contribution in [2.24, 2.45) is 0 Å². The number of carbonyl (C=O) groups excluding carboxylic acids is 1. The summed E-state index contributed by atoms with van der Waals surface area (Å²) in [6, 6.07) is 1.73. The van der Waals surface area contributed by atoms with E-state index in [1.54, 1.807) is 13.0 Å². The maximum atomic E-state index is 11.9. The number of anilines is 1. The monoisotopic (exact) mass is 232 g/mol. The predicted octanol–water partition coefficient (Wildman–Crippen LogP) is 0.718. The van der Waals surface area contributed by atoms with E-state index >= 15 is 0 Å². The zero-order valence-electron chi connectivity index (χ0n) is 9.56. The number of carbonyl (C=O) groups is 1. The molecular formula is C10H12N6O. The van der Waals surface area contributed by atoms with Crippen LogP contribution in [0.25, 0.3) is 0 Å². The minimum absolute atomic E-state index is 0.263. The number of aromatic nitrogens is 5. The molecule has 0 aromatic carbocycles. The summed E-state index contributed by atoms with van der Waals surface area (Å²) in [5, 5.41) is 20.3. The number of hydrogen-bond acceptors (Lipinski definition) is 5. The molecule has 0 aliphatic carbocycles. The van der Waals surface area contributed by atoms with E-state index in [9.17, 15) is 4.79 Å². The number of hydrogen-bond donors (Lipinski definition) is 2. The molecule has 1 amide bonds. The summed E-state index contributed by atoms with van der Waals surface area (Å²) in [6.07, 6.45) is 2.17. The standard InChI is InChI=1S/C10H12N6O/c1-3-7-4-8(6(2)13-14-7)10(17)12-9-5-11-16-15-9/h4-5H,3H2,1-2H3,(H2,11,12,15,16,17). The first-order valence-electron chi connectivity index (χ1n) is 5.21. The summed E-state index contributed by atoms with van der Waals surface area (Å²) in [5.41, 5.74) is 1.86. The van der Waals surface area contributed by atoms with Crippen molar-refractivity contribution < 1.29 is 4.79 Å². The van der Waals surface area contributed by atoms with Crippen LogP contribution in [0.1, 0.15) is 28.7 Å². The van der Waals surface area contributed by atoms with Crippen LogP contribution in [0.4, 0.5) is 5.82 Å². The van der Waals surface area contributed by atoms with Gasteiger partial charge < -0.3 is 5.32 Å². The number of nitrogens with zero attached hydrogens (tertiary/aromatic N) is 4. The van der Waals surface area contributed by atoms with Crippen LogP contribution in [0.2, 0.25) is 0 Å². The highest BCUT2D eigenvalue weighted by Gasteiger charge is 2.12. The molecule has 0 bridgehead atoms. The summed E-state index contributed by atoms with van der Waals surface area (Å²) < 4.78 is 0. The van der Waals surface area contributed by atoms with E-state index in [1.807, 2.05) is 6.92 Å². The third-order valence-corrected chi connectivity index (χ3v) is 2.29. The Hall–Kier alpha value is -2.31. The van der Waals surface area contributed by atoms with Gasteiger partial charge in [0.25, 0.3) is 5.91 Å². The molecule has 0 atom stereocenters. The molecule has 7 nitrogen and oxygen atoms in total. The molecule has 2 aromatic heterocycles. The first kappa shape index (κ1) is 11.2. The van der Waals surface area contributed by atoms with Gasteiger partial charge in [-0.1, -0.05) is 6.92 Å². The summed E-state index contributed by atoms with van der Waals surface area (Å²) in [7, 11) is 0. The molecule has 0 saturated heterocycles. The zero-order valence-corrected chi connectivity index (χ0v) is 9.56. The Morgan fingerprint density at radius 2 is 2.29 bits per heavy atom. The highest BCUT2D eigenvalue weighted by atomic mass is 16.1. The number of aryl methyl sites for hydroxylation is 2. The van der Waals surface area contributed by atoms with Gasteiger partial charge in [-0.3, -0.25) is 4.79 Å². The highest BCUT2D eigenvalue weighted by molar-refractivity contribution is 6.04. The first-order chi connectivity index (χ1) is 8.20. The van der Waals surface area contributed by atoms with Crippen LogP contribution < -0.4 is 5.32 Å². The second-order valence-electron chi connectivity index (χ2n) is 3.50. The lowest BCUT2D eigenvalue weighted by Crippen LogP contribution is -2.15. The topological polar surface area (TPSA) is 96.5 Å². The SMILES string of the molecule is CCc1cc(C(=O)Nc2cn[nH]n2)c(C)nn1. The van der Waals surface area contributed by atoms with Gasteiger partial charge in [0.05, 0.1) is 23.1 Å². The molecule has 0 aliphatic rings. The van der Waals surface area contributed by atoms with Crippen LogP contribution in [-0.2, 0) is 6.42 Å². The lowest BCUT2D eigenvalue weighted by Gasteiger charge is -2.05. The molecule has 2 N–H and O–H groups in total. The van der Waals surface area contributed by atoms with E-state index < -0.39 is 0 Å². The Morgan fingerprint density at radius 1 is 1.47 bits per heavy atom. The summed E-state index contributed by atoms with van der Waals surface area (Å²) in [4.78, 5) is 11.9. The fourth-order valence-electron chi connectivity index (χ4n) is 1.34. The van der Waals surface area contributed by atoms with Crippen molar-refractivity contribution in [3.63, 3.8) is 0 Å². The highest BCUT2D eigenvalue weighted by Crippen LogP contribution is 2.09. The lowest BCUT2D eigenvalue weighted by atomic mass is 10.1. The minimum Gasteiger partial charge on any atom is -0.304 e. The molecule has 17 heavy (non-hydrogen) atoms. The van der Waals surface area contributed by atoms with Crippen LogP contribution in [0.15, 0.2) is 12.3 Å². The molecule has 0 saturated carbocycles. The van der Waals surface area contributed by atoms with Crippen molar-refractivity contribution in [3.8, 4) is 0 Å². The van der Waals surface area contributed by atoms with E-state index in [2.05, 4.69) is 30.9 Å². The summed E-state index contributed by atoms with van der Waals surface area (Å²) >= 11 is 0. The van der Waals surface area contributed by atoms with Crippen molar-refractivity contribution in [2.45, 2.75) is 20.3 Å². The van der Waals surface area contributed by atoms with E-state index in [-0.39, 0.29) is 5.91 Å². The maximum absolute atomic E-state index is 11.9. The van der Waals surface area contributed by atoms with E-state index in [0.29, 0.717) is 17.1 Å². The predicted molar refractivity (Wildman–Crippen MR) is 60.5 cm³/mol. The fraction of sp³-hybridized carbons (Fsp3) is 0.300. The normalized spacial score (nSPS) is 10.2. The van der Waals surface area contributed by atoms with Gasteiger partial charge >= 0.3 is 0 Å². The Labute approximate surface area is 97.7 Å². The quantitative estimate of drug-likeness (QED) is 0.812. The third kappa shape index (κ3) is 2.44.